The molecule has 0 aliphatic rings. The van der Waals surface area contributed by atoms with Crippen molar-refractivity contribution in [3.8, 4) is 0 Å². The predicted molar refractivity (Wildman–Crippen MR) is 152 cm³/mol. The fraction of sp³-hybridized carbons (Fsp3) is 0.964. The summed E-state index contributed by atoms with van der Waals surface area (Å²) in [5.74, 6) is -0.158. The van der Waals surface area contributed by atoms with Crippen molar-refractivity contribution < 1.29 is 32.9 Å². The zero-order valence-electron chi connectivity index (χ0n) is 24.7. The van der Waals surface area contributed by atoms with E-state index in [1.54, 1.807) is 0 Å². The van der Waals surface area contributed by atoms with Crippen molar-refractivity contribution in [2.75, 3.05) is 40.9 Å². The van der Waals surface area contributed by atoms with Gasteiger partial charge in [0.2, 0.25) is 5.91 Å². The maximum absolute atomic E-state index is 12.5. The standard InChI is InChI=1S/C28H59N2O6P/c1-6-8-10-12-14-15-16-17-19-21-27(31)26(29-28(32)22-20-18-13-11-9-7-2)25-36-37(33,34)35-24-23-30(3,4)5/h26-27,31H,6-25H2,1-5H3,(H-,29,32,33,34)/p+1. The van der Waals surface area contributed by atoms with Gasteiger partial charge in [0.1, 0.15) is 13.2 Å². The Bertz CT molecular complexity index is 600. The molecule has 3 atom stereocenters. The van der Waals surface area contributed by atoms with E-state index in [1.807, 2.05) is 21.1 Å². The van der Waals surface area contributed by atoms with E-state index < -0.39 is 20.0 Å². The fourth-order valence-electron chi connectivity index (χ4n) is 4.10. The van der Waals surface area contributed by atoms with E-state index in [-0.39, 0.29) is 19.1 Å². The molecular formula is C28H60N2O6P+. The second-order valence-corrected chi connectivity index (χ2v) is 12.9. The summed E-state index contributed by atoms with van der Waals surface area (Å²) >= 11 is 0. The molecule has 9 heteroatoms. The van der Waals surface area contributed by atoms with E-state index in [0.29, 0.717) is 23.9 Å². The number of phosphoric ester groups is 1. The Morgan fingerprint density at radius 3 is 1.81 bits per heavy atom. The van der Waals surface area contributed by atoms with Crippen LogP contribution in [0.5, 0.6) is 0 Å². The van der Waals surface area contributed by atoms with Crippen LogP contribution in [0.2, 0.25) is 0 Å². The maximum Gasteiger partial charge on any atom is 0.472 e. The number of amides is 1. The first-order valence-electron chi connectivity index (χ1n) is 14.9. The average molecular weight is 552 g/mol. The number of unbranched alkanes of at least 4 members (excludes halogenated alkanes) is 13. The summed E-state index contributed by atoms with van der Waals surface area (Å²) in [4.78, 5) is 22.6. The number of phosphoric acid groups is 1. The van der Waals surface area contributed by atoms with Crippen LogP contribution in [0.25, 0.3) is 0 Å². The van der Waals surface area contributed by atoms with E-state index in [4.69, 9.17) is 9.05 Å². The second kappa shape index (κ2) is 22.3. The largest absolute Gasteiger partial charge is 0.472 e. The lowest BCUT2D eigenvalue weighted by atomic mass is 10.0. The Morgan fingerprint density at radius 1 is 0.811 bits per heavy atom. The van der Waals surface area contributed by atoms with E-state index in [9.17, 15) is 19.4 Å². The van der Waals surface area contributed by atoms with Gasteiger partial charge in [0.25, 0.3) is 0 Å². The molecule has 0 heterocycles. The summed E-state index contributed by atoms with van der Waals surface area (Å²) in [6.45, 7) is 4.76. The lowest BCUT2D eigenvalue weighted by molar-refractivity contribution is -0.870. The molecule has 0 spiro atoms. The summed E-state index contributed by atoms with van der Waals surface area (Å²) in [6, 6.07) is -0.746. The Morgan fingerprint density at radius 2 is 1.30 bits per heavy atom. The molecule has 0 aliphatic carbocycles. The number of carbonyl (C=O) groups is 1. The number of carbonyl (C=O) groups excluding carboxylic acids is 1. The molecule has 0 aromatic heterocycles. The summed E-state index contributed by atoms with van der Waals surface area (Å²) in [6.07, 6.45) is 17.2. The smallest absolute Gasteiger partial charge is 0.391 e. The first-order chi connectivity index (χ1) is 17.5. The van der Waals surface area contributed by atoms with Crippen LogP contribution in [0.15, 0.2) is 0 Å². The van der Waals surface area contributed by atoms with Crippen molar-refractivity contribution in [3.05, 3.63) is 0 Å². The number of quaternary nitrogens is 1. The van der Waals surface area contributed by atoms with E-state index in [2.05, 4.69) is 19.2 Å². The van der Waals surface area contributed by atoms with Gasteiger partial charge in [-0.15, -0.1) is 0 Å². The number of aliphatic hydroxyl groups is 1. The van der Waals surface area contributed by atoms with Gasteiger partial charge in [-0.2, -0.15) is 0 Å². The van der Waals surface area contributed by atoms with Gasteiger partial charge in [0.15, 0.2) is 0 Å². The van der Waals surface area contributed by atoms with Crippen molar-refractivity contribution >= 4 is 13.7 Å². The summed E-state index contributed by atoms with van der Waals surface area (Å²) < 4.78 is 23.2. The first kappa shape index (κ1) is 36.5. The minimum atomic E-state index is -4.28. The lowest BCUT2D eigenvalue weighted by Crippen LogP contribution is -2.46. The maximum atomic E-state index is 12.5. The second-order valence-electron chi connectivity index (χ2n) is 11.5. The molecule has 8 nitrogen and oxygen atoms in total. The van der Waals surface area contributed by atoms with Crippen LogP contribution in [-0.4, -0.2) is 73.4 Å². The van der Waals surface area contributed by atoms with Gasteiger partial charge in [-0.1, -0.05) is 104 Å². The van der Waals surface area contributed by atoms with Crippen LogP contribution in [-0.2, 0) is 18.4 Å². The van der Waals surface area contributed by atoms with Crippen molar-refractivity contribution in [3.63, 3.8) is 0 Å². The van der Waals surface area contributed by atoms with Gasteiger partial charge in [0.05, 0.1) is 39.9 Å². The zero-order valence-corrected chi connectivity index (χ0v) is 25.6. The Kier molecular flexibility index (Phi) is 22.0. The van der Waals surface area contributed by atoms with Crippen LogP contribution in [0.1, 0.15) is 123 Å². The van der Waals surface area contributed by atoms with Crippen molar-refractivity contribution in [2.24, 2.45) is 0 Å². The van der Waals surface area contributed by atoms with Gasteiger partial charge in [0, 0.05) is 6.42 Å². The number of nitrogens with one attached hydrogen (secondary N) is 1. The van der Waals surface area contributed by atoms with Gasteiger partial charge in [-0.25, -0.2) is 4.57 Å². The van der Waals surface area contributed by atoms with Crippen molar-refractivity contribution in [2.45, 2.75) is 135 Å². The van der Waals surface area contributed by atoms with Crippen LogP contribution in [0.4, 0.5) is 0 Å². The summed E-state index contributed by atoms with van der Waals surface area (Å²) in [5.41, 5.74) is 0. The van der Waals surface area contributed by atoms with E-state index in [1.165, 1.54) is 57.8 Å². The summed E-state index contributed by atoms with van der Waals surface area (Å²) in [7, 11) is 1.61. The Hall–Kier alpha value is -0.500. The number of rotatable bonds is 26. The van der Waals surface area contributed by atoms with Crippen molar-refractivity contribution in [1.29, 1.82) is 0 Å². The molecule has 0 fully saturated rings. The van der Waals surface area contributed by atoms with E-state index in [0.717, 1.165) is 38.5 Å². The summed E-state index contributed by atoms with van der Waals surface area (Å²) in [5, 5.41) is 13.6. The SMILES string of the molecule is CCCCCCCCCCCC(O)C(COP(=O)(O)OCC[N+](C)(C)C)NC(=O)CCCCCCCC. The first-order valence-corrected chi connectivity index (χ1v) is 16.4. The Balaban J connectivity index is 4.60. The molecule has 0 saturated carbocycles. The molecule has 0 rings (SSSR count). The number of aliphatic hydroxyl groups excluding tert-OH is 1. The zero-order chi connectivity index (χ0) is 28.0. The lowest BCUT2D eigenvalue weighted by Gasteiger charge is -2.26. The molecule has 0 radical (unpaired) electrons. The topological polar surface area (TPSA) is 105 Å². The normalized spacial score (nSPS) is 15.3. The van der Waals surface area contributed by atoms with Gasteiger partial charge >= 0.3 is 7.82 Å². The minimum Gasteiger partial charge on any atom is -0.391 e. The molecule has 0 bridgehead atoms. The van der Waals surface area contributed by atoms with Crippen LogP contribution in [0, 0.1) is 0 Å². The highest BCUT2D eigenvalue weighted by atomic mass is 31.2. The third kappa shape index (κ3) is 24.3. The molecule has 3 unspecified atom stereocenters. The highest BCUT2D eigenvalue weighted by molar-refractivity contribution is 7.47. The van der Waals surface area contributed by atoms with Gasteiger partial charge < -0.3 is 19.8 Å². The monoisotopic (exact) mass is 551 g/mol. The number of nitrogens with zero attached hydrogens (tertiary/aromatic N) is 1. The molecule has 0 aliphatic heterocycles. The van der Waals surface area contributed by atoms with Crippen molar-refractivity contribution in [1.82, 2.24) is 5.32 Å². The molecule has 222 valence electrons. The minimum absolute atomic E-state index is 0.0767. The van der Waals surface area contributed by atoms with Crippen LogP contribution in [0.3, 0.4) is 0 Å². The fourth-order valence-corrected chi connectivity index (χ4v) is 4.84. The molecule has 3 N–H and O–H groups in total. The van der Waals surface area contributed by atoms with Crippen LogP contribution >= 0.6 is 7.82 Å². The molecule has 37 heavy (non-hydrogen) atoms. The predicted octanol–water partition coefficient (Wildman–Crippen LogP) is 6.34. The third-order valence-corrected chi connectivity index (χ3v) is 7.59. The molecule has 1 amide bonds. The molecule has 0 saturated heterocycles. The highest BCUT2D eigenvalue weighted by Gasteiger charge is 2.28. The average Bonchev–Trinajstić information content (AvgIpc) is 2.81. The third-order valence-electron chi connectivity index (χ3n) is 6.61. The quantitative estimate of drug-likeness (QED) is 0.0658. The Labute approximate surface area is 228 Å². The number of likely N-dealkylation sites (N-methyl/N-ethyl adjacent to an activating group) is 1. The number of hydrogen-bond acceptors (Lipinski definition) is 5. The van der Waals surface area contributed by atoms with Gasteiger partial charge in [-0.3, -0.25) is 13.8 Å². The highest BCUT2D eigenvalue weighted by Crippen LogP contribution is 2.43. The molecule has 0 aromatic carbocycles. The van der Waals surface area contributed by atoms with Gasteiger partial charge in [-0.05, 0) is 12.8 Å². The van der Waals surface area contributed by atoms with E-state index >= 15 is 0 Å². The molecular weight excluding hydrogens is 491 g/mol. The van der Waals surface area contributed by atoms with Crippen LogP contribution < -0.4 is 5.32 Å². The number of hydrogen-bond donors (Lipinski definition) is 3. The molecule has 0 aromatic rings.